The van der Waals surface area contributed by atoms with E-state index >= 15 is 0 Å². The molecule has 0 saturated heterocycles. The number of anilines is 1. The van der Waals surface area contributed by atoms with Crippen LogP contribution in [0.3, 0.4) is 0 Å². The van der Waals surface area contributed by atoms with Crippen LogP contribution in [0.2, 0.25) is 0 Å². The number of rotatable bonds is 3. The molecule has 0 bridgehead atoms. The van der Waals surface area contributed by atoms with Crippen molar-refractivity contribution in [2.75, 3.05) is 18.6 Å². The van der Waals surface area contributed by atoms with Crippen molar-refractivity contribution in [3.63, 3.8) is 0 Å². The fraction of sp³-hybridized carbons (Fsp3) is 0.222. The lowest BCUT2D eigenvalue weighted by Crippen LogP contribution is -2.38. The number of hydrogen-bond acceptors (Lipinski definition) is 3. The van der Waals surface area contributed by atoms with Gasteiger partial charge in [0.1, 0.15) is 5.75 Å². The van der Waals surface area contributed by atoms with E-state index in [0.717, 1.165) is 5.56 Å². The van der Waals surface area contributed by atoms with Crippen LogP contribution in [0, 0.1) is 0 Å². The Bertz CT molecular complexity index is 710. The van der Waals surface area contributed by atoms with E-state index in [-0.39, 0.29) is 11.7 Å². The van der Waals surface area contributed by atoms with E-state index < -0.39 is 0 Å². The Morgan fingerprint density at radius 1 is 1.14 bits per heavy atom. The number of fused-ring (bicyclic) bond motifs is 1. The Labute approximate surface area is 129 Å². The lowest BCUT2D eigenvalue weighted by atomic mass is 9.98. The molecule has 4 heteroatoms. The van der Waals surface area contributed by atoms with Crippen LogP contribution in [-0.4, -0.2) is 25.3 Å². The molecule has 22 heavy (non-hydrogen) atoms. The minimum absolute atomic E-state index is 0.0237. The number of nitrogens with zero attached hydrogens (tertiary/aromatic N) is 1. The van der Waals surface area contributed by atoms with Crippen molar-refractivity contribution in [3.8, 4) is 5.75 Å². The van der Waals surface area contributed by atoms with Crippen LogP contribution in [0.4, 0.5) is 5.69 Å². The van der Waals surface area contributed by atoms with Gasteiger partial charge in [-0.15, -0.1) is 0 Å². The molecule has 2 aromatic rings. The summed E-state index contributed by atoms with van der Waals surface area (Å²) in [7, 11) is 1.55. The third-order valence-electron chi connectivity index (χ3n) is 3.85. The summed E-state index contributed by atoms with van der Waals surface area (Å²) >= 11 is 0. The molecule has 0 radical (unpaired) electrons. The standard InChI is InChI=1S/C18H17NO3/c1-22-16-9-5-8-14-15(20)10-11-19(18(14)16)17(21)12-13-6-3-2-4-7-13/h2-9H,10-12H2,1H3. The number of carbonyl (C=O) groups is 2. The van der Waals surface area contributed by atoms with Crippen LogP contribution in [0.1, 0.15) is 22.3 Å². The highest BCUT2D eigenvalue weighted by atomic mass is 16.5. The molecule has 3 rings (SSSR count). The van der Waals surface area contributed by atoms with Gasteiger partial charge in [0.05, 0.1) is 19.2 Å². The topological polar surface area (TPSA) is 46.6 Å². The van der Waals surface area contributed by atoms with Crippen LogP contribution < -0.4 is 9.64 Å². The predicted molar refractivity (Wildman–Crippen MR) is 84.4 cm³/mol. The Morgan fingerprint density at radius 2 is 1.91 bits per heavy atom. The highest BCUT2D eigenvalue weighted by molar-refractivity contribution is 6.10. The Kier molecular flexibility index (Phi) is 3.92. The third-order valence-corrected chi connectivity index (χ3v) is 3.85. The van der Waals surface area contributed by atoms with Crippen molar-refractivity contribution in [3.05, 3.63) is 59.7 Å². The van der Waals surface area contributed by atoms with Crippen LogP contribution in [0.25, 0.3) is 0 Å². The maximum atomic E-state index is 12.7. The molecule has 1 aliphatic rings. The molecule has 2 aromatic carbocycles. The van der Waals surface area contributed by atoms with Crippen LogP contribution in [-0.2, 0) is 11.2 Å². The number of Topliss-reactive ketones (excluding diaryl/α,β-unsaturated/α-hetero) is 1. The zero-order chi connectivity index (χ0) is 15.5. The van der Waals surface area contributed by atoms with Gasteiger partial charge in [-0.3, -0.25) is 9.59 Å². The summed E-state index contributed by atoms with van der Waals surface area (Å²) in [6.07, 6.45) is 0.660. The van der Waals surface area contributed by atoms with E-state index in [2.05, 4.69) is 0 Å². The summed E-state index contributed by atoms with van der Waals surface area (Å²) in [4.78, 5) is 26.4. The number of ether oxygens (including phenoxy) is 1. The summed E-state index contributed by atoms with van der Waals surface area (Å²) in [5.74, 6) is 0.592. The first kappa shape index (κ1) is 14.3. The summed E-state index contributed by atoms with van der Waals surface area (Å²) in [5.41, 5.74) is 2.12. The molecule has 0 saturated carbocycles. The van der Waals surface area contributed by atoms with Crippen molar-refractivity contribution in [2.24, 2.45) is 0 Å². The fourth-order valence-electron chi connectivity index (χ4n) is 2.77. The number of carbonyl (C=O) groups excluding carboxylic acids is 2. The molecule has 1 amide bonds. The van der Waals surface area contributed by atoms with Crippen molar-refractivity contribution in [2.45, 2.75) is 12.8 Å². The highest BCUT2D eigenvalue weighted by Crippen LogP contribution is 2.36. The van der Waals surface area contributed by atoms with Gasteiger partial charge in [-0.1, -0.05) is 36.4 Å². The van der Waals surface area contributed by atoms with E-state index in [9.17, 15) is 9.59 Å². The van der Waals surface area contributed by atoms with Gasteiger partial charge in [0, 0.05) is 18.5 Å². The first-order valence-electron chi connectivity index (χ1n) is 7.25. The SMILES string of the molecule is COc1cccc2c1N(C(=O)Cc1ccccc1)CCC2=O. The second kappa shape index (κ2) is 6.02. The van der Waals surface area contributed by atoms with E-state index in [1.807, 2.05) is 30.3 Å². The minimum Gasteiger partial charge on any atom is -0.495 e. The van der Waals surface area contributed by atoms with E-state index in [0.29, 0.717) is 36.4 Å². The molecular weight excluding hydrogens is 278 g/mol. The van der Waals surface area contributed by atoms with Crippen LogP contribution in [0.5, 0.6) is 5.75 Å². The van der Waals surface area contributed by atoms with Gasteiger partial charge in [-0.2, -0.15) is 0 Å². The fourth-order valence-corrected chi connectivity index (χ4v) is 2.77. The number of ketones is 1. The summed E-state index contributed by atoms with van der Waals surface area (Å²) < 4.78 is 5.35. The first-order valence-corrected chi connectivity index (χ1v) is 7.25. The lowest BCUT2D eigenvalue weighted by Gasteiger charge is -2.30. The molecule has 1 aliphatic heterocycles. The van der Waals surface area contributed by atoms with Crippen molar-refractivity contribution in [1.29, 1.82) is 0 Å². The maximum absolute atomic E-state index is 12.7. The van der Waals surface area contributed by atoms with Gasteiger partial charge in [-0.05, 0) is 17.7 Å². The second-order valence-electron chi connectivity index (χ2n) is 5.24. The summed E-state index contributed by atoms with van der Waals surface area (Å²) in [6.45, 7) is 0.401. The molecule has 0 aromatic heterocycles. The first-order chi connectivity index (χ1) is 10.7. The molecule has 0 fully saturated rings. The molecule has 0 spiro atoms. The summed E-state index contributed by atoms with van der Waals surface area (Å²) in [5, 5.41) is 0. The van der Waals surface area contributed by atoms with E-state index in [4.69, 9.17) is 4.74 Å². The second-order valence-corrected chi connectivity index (χ2v) is 5.24. The molecule has 0 atom stereocenters. The molecule has 4 nitrogen and oxygen atoms in total. The zero-order valence-corrected chi connectivity index (χ0v) is 12.4. The smallest absolute Gasteiger partial charge is 0.231 e. The molecule has 0 aliphatic carbocycles. The van der Waals surface area contributed by atoms with Gasteiger partial charge in [0.15, 0.2) is 5.78 Å². The quantitative estimate of drug-likeness (QED) is 0.874. The third kappa shape index (κ3) is 2.60. The van der Waals surface area contributed by atoms with Crippen LogP contribution in [0.15, 0.2) is 48.5 Å². The van der Waals surface area contributed by atoms with Gasteiger partial charge in [-0.25, -0.2) is 0 Å². The molecule has 0 N–H and O–H groups in total. The monoisotopic (exact) mass is 295 g/mol. The van der Waals surface area contributed by atoms with Gasteiger partial charge < -0.3 is 9.64 Å². The maximum Gasteiger partial charge on any atom is 0.231 e. The average molecular weight is 295 g/mol. The van der Waals surface area contributed by atoms with Crippen LogP contribution >= 0.6 is 0 Å². The van der Waals surface area contributed by atoms with Gasteiger partial charge in [0.25, 0.3) is 0 Å². The minimum atomic E-state index is -0.0237. The number of amides is 1. The number of methoxy groups -OCH3 is 1. The molecule has 0 unspecified atom stereocenters. The predicted octanol–water partition coefficient (Wildman–Crippen LogP) is 2.86. The van der Waals surface area contributed by atoms with Gasteiger partial charge in [0.2, 0.25) is 5.91 Å². The largest absolute Gasteiger partial charge is 0.495 e. The van der Waals surface area contributed by atoms with Crippen molar-refractivity contribution in [1.82, 2.24) is 0 Å². The zero-order valence-electron chi connectivity index (χ0n) is 12.4. The molecular formula is C18H17NO3. The van der Waals surface area contributed by atoms with E-state index in [1.165, 1.54) is 0 Å². The number of hydrogen-bond donors (Lipinski definition) is 0. The van der Waals surface area contributed by atoms with Crippen molar-refractivity contribution >= 4 is 17.4 Å². The van der Waals surface area contributed by atoms with Crippen molar-refractivity contribution < 1.29 is 14.3 Å². The Morgan fingerprint density at radius 3 is 2.64 bits per heavy atom. The van der Waals surface area contributed by atoms with Gasteiger partial charge >= 0.3 is 0 Å². The average Bonchev–Trinajstić information content (AvgIpc) is 2.55. The normalized spacial score (nSPS) is 13.7. The number of para-hydroxylation sites is 1. The molecule has 112 valence electrons. The molecule has 1 heterocycles. The Hall–Kier alpha value is -2.62. The van der Waals surface area contributed by atoms with E-state index in [1.54, 1.807) is 30.2 Å². The highest BCUT2D eigenvalue weighted by Gasteiger charge is 2.30. The summed E-state index contributed by atoms with van der Waals surface area (Å²) in [6, 6.07) is 14.9. The Balaban J connectivity index is 1.94. The lowest BCUT2D eigenvalue weighted by molar-refractivity contribution is -0.118. The number of benzene rings is 2.